The number of rotatable bonds is 7. The van der Waals surface area contributed by atoms with Crippen LogP contribution in [0.1, 0.15) is 27.0 Å². The minimum Gasteiger partial charge on any atom is -0.395 e. The zero-order chi connectivity index (χ0) is 18.2. The summed E-state index contributed by atoms with van der Waals surface area (Å²) in [5.41, 5.74) is 3.52. The minimum absolute atomic E-state index is 0.0986. The number of hydrogen-bond donors (Lipinski definition) is 2. The molecule has 0 atom stereocenters. The van der Waals surface area contributed by atoms with Crippen LogP contribution in [0.5, 0.6) is 0 Å². The van der Waals surface area contributed by atoms with Gasteiger partial charge in [-0.25, -0.2) is 0 Å². The molecule has 5 nitrogen and oxygen atoms in total. The number of benzene rings is 2. The lowest BCUT2D eigenvalue weighted by molar-refractivity contribution is -0.131. The highest BCUT2D eigenvalue weighted by atomic mass is 16.3. The molecule has 0 aliphatic heterocycles. The molecule has 132 valence electrons. The number of aliphatic hydroxyl groups is 1. The molecule has 25 heavy (non-hydrogen) atoms. The summed E-state index contributed by atoms with van der Waals surface area (Å²) in [6.45, 7) is 4.27. The van der Waals surface area contributed by atoms with Crippen molar-refractivity contribution < 1.29 is 14.7 Å². The van der Waals surface area contributed by atoms with Gasteiger partial charge in [0.15, 0.2) is 0 Å². The lowest BCUT2D eigenvalue weighted by Gasteiger charge is -2.22. The van der Waals surface area contributed by atoms with E-state index >= 15 is 0 Å². The predicted octanol–water partition coefficient (Wildman–Crippen LogP) is 2.05. The summed E-state index contributed by atoms with van der Waals surface area (Å²) >= 11 is 0. The lowest BCUT2D eigenvalue weighted by atomic mass is 10.1. The van der Waals surface area contributed by atoms with Crippen molar-refractivity contribution in [3.8, 4) is 0 Å². The molecule has 0 aliphatic carbocycles. The molecule has 0 heterocycles. The van der Waals surface area contributed by atoms with Crippen LogP contribution in [0.2, 0.25) is 0 Å². The molecule has 0 fully saturated rings. The molecule has 2 aromatic carbocycles. The molecule has 0 spiro atoms. The maximum atomic E-state index is 12.4. The van der Waals surface area contributed by atoms with E-state index in [1.54, 1.807) is 12.1 Å². The van der Waals surface area contributed by atoms with Gasteiger partial charge in [0.2, 0.25) is 5.91 Å². The third kappa shape index (κ3) is 5.72. The van der Waals surface area contributed by atoms with E-state index < -0.39 is 0 Å². The van der Waals surface area contributed by atoms with Gasteiger partial charge in [-0.1, -0.05) is 47.5 Å². The molecule has 2 amide bonds. The maximum Gasteiger partial charge on any atom is 0.251 e. The molecule has 5 heteroatoms. The fourth-order valence-electron chi connectivity index (χ4n) is 2.69. The van der Waals surface area contributed by atoms with E-state index in [1.165, 1.54) is 4.90 Å². The number of amides is 2. The average Bonchev–Trinajstić information content (AvgIpc) is 2.59. The van der Waals surface area contributed by atoms with Gasteiger partial charge in [0.25, 0.3) is 5.91 Å². The van der Waals surface area contributed by atoms with E-state index in [2.05, 4.69) is 5.32 Å². The van der Waals surface area contributed by atoms with E-state index in [0.717, 1.165) is 16.7 Å². The molecule has 0 bridgehead atoms. The van der Waals surface area contributed by atoms with Gasteiger partial charge >= 0.3 is 0 Å². The zero-order valence-electron chi connectivity index (χ0n) is 14.7. The van der Waals surface area contributed by atoms with Crippen LogP contribution in [0.4, 0.5) is 0 Å². The van der Waals surface area contributed by atoms with Gasteiger partial charge in [0.05, 0.1) is 13.2 Å². The van der Waals surface area contributed by atoms with Crippen LogP contribution in [-0.4, -0.2) is 41.5 Å². The van der Waals surface area contributed by atoms with E-state index in [4.69, 9.17) is 0 Å². The SMILES string of the molecule is Cc1cc(C)cc(C(=O)NCC(=O)N(CCO)Cc2ccccc2)c1. The van der Waals surface area contributed by atoms with Gasteiger partial charge in [-0.05, 0) is 31.5 Å². The zero-order valence-corrected chi connectivity index (χ0v) is 14.7. The van der Waals surface area contributed by atoms with Crippen molar-refractivity contribution in [2.75, 3.05) is 19.7 Å². The normalized spacial score (nSPS) is 10.4. The van der Waals surface area contributed by atoms with Crippen LogP contribution < -0.4 is 5.32 Å². The first-order valence-corrected chi connectivity index (χ1v) is 8.28. The van der Waals surface area contributed by atoms with Crippen molar-refractivity contribution in [2.24, 2.45) is 0 Å². The summed E-state index contributed by atoms with van der Waals surface area (Å²) in [6.07, 6.45) is 0. The Hall–Kier alpha value is -2.66. The second kappa shape index (κ2) is 8.99. The van der Waals surface area contributed by atoms with Gasteiger partial charge in [0, 0.05) is 18.7 Å². The lowest BCUT2D eigenvalue weighted by Crippen LogP contribution is -2.41. The molecular formula is C20H24N2O3. The molecular weight excluding hydrogens is 316 g/mol. The van der Waals surface area contributed by atoms with Gasteiger partial charge in [-0.3, -0.25) is 9.59 Å². The van der Waals surface area contributed by atoms with E-state index in [9.17, 15) is 14.7 Å². The summed E-state index contributed by atoms with van der Waals surface area (Å²) in [5.74, 6) is -0.501. The Morgan fingerprint density at radius 1 is 1.04 bits per heavy atom. The predicted molar refractivity (Wildman–Crippen MR) is 97.2 cm³/mol. The number of carbonyl (C=O) groups excluding carboxylic acids is 2. The summed E-state index contributed by atoms with van der Waals surface area (Å²) < 4.78 is 0. The Morgan fingerprint density at radius 3 is 2.28 bits per heavy atom. The first-order valence-electron chi connectivity index (χ1n) is 8.28. The van der Waals surface area contributed by atoms with Crippen LogP contribution in [0.25, 0.3) is 0 Å². The van der Waals surface area contributed by atoms with E-state index in [-0.39, 0.29) is 31.5 Å². The Morgan fingerprint density at radius 2 is 1.68 bits per heavy atom. The molecule has 2 aromatic rings. The van der Waals surface area contributed by atoms with E-state index in [0.29, 0.717) is 12.1 Å². The second-order valence-corrected chi connectivity index (χ2v) is 6.08. The summed E-state index contributed by atoms with van der Waals surface area (Å²) in [6, 6.07) is 15.1. The molecule has 0 aliphatic rings. The Bertz CT molecular complexity index is 709. The first-order chi connectivity index (χ1) is 12.0. The minimum atomic E-state index is -0.274. The smallest absolute Gasteiger partial charge is 0.251 e. The fourth-order valence-corrected chi connectivity index (χ4v) is 2.69. The Balaban J connectivity index is 1.97. The standard InChI is InChI=1S/C20H24N2O3/c1-15-10-16(2)12-18(11-15)20(25)21-13-19(24)22(8-9-23)14-17-6-4-3-5-7-17/h3-7,10-12,23H,8-9,13-14H2,1-2H3,(H,21,25). The Labute approximate surface area is 148 Å². The van der Waals surface area contributed by atoms with Crippen molar-refractivity contribution in [1.82, 2.24) is 10.2 Å². The van der Waals surface area contributed by atoms with Gasteiger partial charge in [-0.2, -0.15) is 0 Å². The van der Waals surface area contributed by atoms with Crippen LogP contribution in [0.15, 0.2) is 48.5 Å². The summed E-state index contributed by atoms with van der Waals surface area (Å²) in [7, 11) is 0. The number of nitrogens with one attached hydrogen (secondary N) is 1. The van der Waals surface area contributed by atoms with Crippen molar-refractivity contribution >= 4 is 11.8 Å². The number of aliphatic hydroxyl groups excluding tert-OH is 1. The molecule has 2 N–H and O–H groups in total. The highest BCUT2D eigenvalue weighted by Gasteiger charge is 2.15. The molecule has 0 radical (unpaired) electrons. The van der Waals surface area contributed by atoms with Crippen LogP contribution in [0.3, 0.4) is 0 Å². The first kappa shape index (κ1) is 18.7. The average molecular weight is 340 g/mol. The Kier molecular flexibility index (Phi) is 6.71. The quantitative estimate of drug-likeness (QED) is 0.810. The molecule has 0 aromatic heterocycles. The molecule has 0 saturated carbocycles. The number of nitrogens with zero attached hydrogens (tertiary/aromatic N) is 1. The number of carbonyl (C=O) groups is 2. The monoisotopic (exact) mass is 340 g/mol. The van der Waals surface area contributed by atoms with E-state index in [1.807, 2.05) is 50.2 Å². The largest absolute Gasteiger partial charge is 0.395 e. The third-order valence-corrected chi connectivity index (χ3v) is 3.82. The number of aryl methyl sites for hydroxylation is 2. The van der Waals surface area contributed by atoms with Crippen molar-refractivity contribution in [3.63, 3.8) is 0 Å². The highest BCUT2D eigenvalue weighted by Crippen LogP contribution is 2.09. The third-order valence-electron chi connectivity index (χ3n) is 3.82. The van der Waals surface area contributed by atoms with Crippen molar-refractivity contribution in [2.45, 2.75) is 20.4 Å². The van der Waals surface area contributed by atoms with Crippen LogP contribution in [0, 0.1) is 13.8 Å². The molecule has 2 rings (SSSR count). The number of hydrogen-bond acceptors (Lipinski definition) is 3. The van der Waals surface area contributed by atoms with Crippen molar-refractivity contribution in [1.29, 1.82) is 0 Å². The topological polar surface area (TPSA) is 69.6 Å². The highest BCUT2D eigenvalue weighted by molar-refractivity contribution is 5.96. The van der Waals surface area contributed by atoms with Crippen molar-refractivity contribution in [3.05, 3.63) is 70.8 Å². The van der Waals surface area contributed by atoms with Crippen LogP contribution in [-0.2, 0) is 11.3 Å². The van der Waals surface area contributed by atoms with Crippen LogP contribution >= 0.6 is 0 Å². The fraction of sp³-hybridized carbons (Fsp3) is 0.300. The van der Waals surface area contributed by atoms with Gasteiger partial charge < -0.3 is 15.3 Å². The molecule has 0 saturated heterocycles. The summed E-state index contributed by atoms with van der Waals surface area (Å²) in [4.78, 5) is 26.2. The second-order valence-electron chi connectivity index (χ2n) is 6.08. The molecule has 0 unspecified atom stereocenters. The maximum absolute atomic E-state index is 12.4. The van der Waals surface area contributed by atoms with Gasteiger partial charge in [0.1, 0.15) is 0 Å². The van der Waals surface area contributed by atoms with Gasteiger partial charge in [-0.15, -0.1) is 0 Å². The summed E-state index contributed by atoms with van der Waals surface area (Å²) in [5, 5.41) is 11.9.